The van der Waals surface area contributed by atoms with Crippen LogP contribution in [0.1, 0.15) is 44.9 Å². The summed E-state index contributed by atoms with van der Waals surface area (Å²) in [6, 6.07) is 5.55. The number of benzene rings is 1. The van der Waals surface area contributed by atoms with Crippen molar-refractivity contribution in [2.75, 3.05) is 31.7 Å². The highest BCUT2D eigenvalue weighted by Crippen LogP contribution is 2.32. The van der Waals surface area contributed by atoms with Gasteiger partial charge in [0, 0.05) is 11.8 Å². The molecule has 8 nitrogen and oxygen atoms in total. The molecule has 0 amide bonds. The van der Waals surface area contributed by atoms with Gasteiger partial charge in [0.2, 0.25) is 10.0 Å². The molecule has 168 valence electrons. The lowest BCUT2D eigenvalue weighted by Gasteiger charge is -2.22. The van der Waals surface area contributed by atoms with Crippen LogP contribution >= 0.6 is 0 Å². The zero-order chi connectivity index (χ0) is 22.0. The van der Waals surface area contributed by atoms with E-state index < -0.39 is 10.0 Å². The predicted octanol–water partition coefficient (Wildman–Crippen LogP) is 3.09. The standard InChI is InChI=1S/C22H31N5O3S/c1-3-4-5-19-26-20-21(27(19)31(2,28)29)17-14-16(6-7-18(17)25-22(20)23)30-13-10-15-8-11-24-12-9-15/h6-7,14-15,24H,3-5,8-13H2,1-2H3,(H2,23,25). The van der Waals surface area contributed by atoms with E-state index in [2.05, 4.69) is 22.2 Å². The molecule has 1 aliphatic rings. The SMILES string of the molecule is CCCCc1nc2c(N)nc3ccc(OCCC4CCNCC4)cc3c2n1S(C)(=O)=O. The van der Waals surface area contributed by atoms with Gasteiger partial charge in [-0.25, -0.2) is 22.4 Å². The Morgan fingerprint density at radius 1 is 1.26 bits per heavy atom. The number of imidazole rings is 1. The number of nitrogen functional groups attached to an aromatic ring is 1. The van der Waals surface area contributed by atoms with E-state index in [4.69, 9.17) is 10.5 Å². The Kier molecular flexibility index (Phi) is 6.34. The number of aryl methyl sites for hydroxylation is 1. The number of unbranched alkanes of at least 4 members (excludes halogenated alkanes) is 1. The van der Waals surface area contributed by atoms with Gasteiger partial charge < -0.3 is 15.8 Å². The molecule has 0 bridgehead atoms. The number of ether oxygens (including phenoxy) is 1. The Hall–Kier alpha value is -2.39. The van der Waals surface area contributed by atoms with Crippen molar-refractivity contribution >= 4 is 37.8 Å². The van der Waals surface area contributed by atoms with E-state index in [-0.39, 0.29) is 5.82 Å². The van der Waals surface area contributed by atoms with Crippen LogP contribution in [0.25, 0.3) is 21.9 Å². The molecule has 0 spiro atoms. The number of nitrogens with two attached hydrogens (primary N) is 1. The third kappa shape index (κ3) is 4.62. The number of hydrogen-bond acceptors (Lipinski definition) is 7. The summed E-state index contributed by atoms with van der Waals surface area (Å²) in [4.78, 5) is 9.03. The van der Waals surface area contributed by atoms with Crippen LogP contribution in [-0.2, 0) is 16.4 Å². The van der Waals surface area contributed by atoms with Gasteiger partial charge in [0.05, 0.1) is 23.9 Å². The topological polar surface area (TPSA) is 112 Å². The summed E-state index contributed by atoms with van der Waals surface area (Å²) in [6.45, 7) is 4.84. The van der Waals surface area contributed by atoms with E-state index in [9.17, 15) is 8.42 Å². The van der Waals surface area contributed by atoms with Gasteiger partial charge in [-0.2, -0.15) is 0 Å². The van der Waals surface area contributed by atoms with Gasteiger partial charge in [-0.05, 0) is 62.9 Å². The summed E-state index contributed by atoms with van der Waals surface area (Å²) in [7, 11) is -3.58. The lowest BCUT2D eigenvalue weighted by atomic mass is 9.95. The van der Waals surface area contributed by atoms with Crippen LogP contribution in [0.3, 0.4) is 0 Å². The fraction of sp³-hybridized carbons (Fsp3) is 0.545. The molecule has 0 unspecified atom stereocenters. The van der Waals surface area contributed by atoms with Gasteiger partial charge in [0.1, 0.15) is 17.1 Å². The highest BCUT2D eigenvalue weighted by Gasteiger charge is 2.23. The van der Waals surface area contributed by atoms with Crippen LogP contribution in [0.2, 0.25) is 0 Å². The maximum absolute atomic E-state index is 12.7. The first-order valence-corrected chi connectivity index (χ1v) is 12.9. The zero-order valence-corrected chi connectivity index (χ0v) is 19.0. The Bertz CT molecular complexity index is 1180. The smallest absolute Gasteiger partial charge is 0.237 e. The normalized spacial score (nSPS) is 15.7. The molecule has 1 aromatic carbocycles. The molecule has 3 N–H and O–H groups in total. The van der Waals surface area contributed by atoms with Gasteiger partial charge >= 0.3 is 0 Å². The Labute approximate surface area is 183 Å². The highest BCUT2D eigenvalue weighted by atomic mass is 32.2. The Morgan fingerprint density at radius 2 is 2.03 bits per heavy atom. The molecule has 2 aromatic heterocycles. The molecule has 0 aliphatic carbocycles. The van der Waals surface area contributed by atoms with Crippen molar-refractivity contribution in [1.29, 1.82) is 0 Å². The van der Waals surface area contributed by atoms with Crippen LogP contribution in [0.4, 0.5) is 5.82 Å². The largest absolute Gasteiger partial charge is 0.494 e. The van der Waals surface area contributed by atoms with Crippen LogP contribution < -0.4 is 15.8 Å². The Morgan fingerprint density at radius 3 is 2.74 bits per heavy atom. The van der Waals surface area contributed by atoms with Gasteiger partial charge in [0.15, 0.2) is 5.82 Å². The molecule has 1 fully saturated rings. The van der Waals surface area contributed by atoms with Crippen molar-refractivity contribution in [3.05, 3.63) is 24.0 Å². The van der Waals surface area contributed by atoms with Crippen LogP contribution in [0.5, 0.6) is 5.75 Å². The quantitative estimate of drug-likeness (QED) is 0.548. The van der Waals surface area contributed by atoms with Crippen LogP contribution in [0, 0.1) is 5.92 Å². The minimum atomic E-state index is -3.58. The molecule has 0 atom stereocenters. The number of hydrogen-bond donors (Lipinski definition) is 2. The summed E-state index contributed by atoms with van der Waals surface area (Å²) in [6.07, 6.45) is 6.91. The second kappa shape index (κ2) is 9.00. The number of aromatic nitrogens is 3. The molecular formula is C22H31N5O3S. The molecule has 3 aromatic rings. The lowest BCUT2D eigenvalue weighted by molar-refractivity contribution is 0.252. The average molecular weight is 446 g/mol. The number of rotatable bonds is 8. The van der Waals surface area contributed by atoms with Crippen LogP contribution in [-0.4, -0.2) is 48.3 Å². The molecule has 1 saturated heterocycles. The molecule has 0 radical (unpaired) electrons. The number of piperidine rings is 1. The van der Waals surface area contributed by atoms with E-state index in [1.54, 1.807) is 0 Å². The van der Waals surface area contributed by atoms with Gasteiger partial charge in [-0.3, -0.25) is 0 Å². The molecule has 4 rings (SSSR count). The third-order valence-corrected chi connectivity index (χ3v) is 7.01. The number of pyridine rings is 1. The van der Waals surface area contributed by atoms with E-state index >= 15 is 0 Å². The van der Waals surface area contributed by atoms with E-state index in [0.717, 1.165) is 32.4 Å². The monoisotopic (exact) mass is 445 g/mol. The van der Waals surface area contributed by atoms with Gasteiger partial charge in [-0.15, -0.1) is 0 Å². The number of anilines is 1. The zero-order valence-electron chi connectivity index (χ0n) is 18.2. The van der Waals surface area contributed by atoms with Crippen molar-refractivity contribution in [2.45, 2.75) is 45.4 Å². The second-order valence-corrected chi connectivity index (χ2v) is 10.2. The summed E-state index contributed by atoms with van der Waals surface area (Å²) < 4.78 is 32.8. The molecule has 31 heavy (non-hydrogen) atoms. The van der Waals surface area contributed by atoms with Crippen molar-refractivity contribution in [3.63, 3.8) is 0 Å². The number of fused-ring (bicyclic) bond motifs is 3. The number of nitrogens with one attached hydrogen (secondary N) is 1. The maximum Gasteiger partial charge on any atom is 0.237 e. The van der Waals surface area contributed by atoms with Crippen molar-refractivity contribution in [3.8, 4) is 5.75 Å². The minimum Gasteiger partial charge on any atom is -0.494 e. The van der Waals surface area contributed by atoms with Crippen molar-refractivity contribution in [2.24, 2.45) is 5.92 Å². The van der Waals surface area contributed by atoms with Crippen LogP contribution in [0.15, 0.2) is 18.2 Å². The van der Waals surface area contributed by atoms with Gasteiger partial charge in [-0.1, -0.05) is 13.3 Å². The second-order valence-electron chi connectivity index (χ2n) is 8.36. The first-order valence-electron chi connectivity index (χ1n) is 11.0. The lowest BCUT2D eigenvalue weighted by Crippen LogP contribution is -2.28. The molecule has 1 aliphatic heterocycles. The summed E-state index contributed by atoms with van der Waals surface area (Å²) in [5.74, 6) is 2.12. The van der Waals surface area contributed by atoms with E-state index in [1.165, 1.54) is 23.1 Å². The summed E-state index contributed by atoms with van der Waals surface area (Å²) >= 11 is 0. The average Bonchev–Trinajstić information content (AvgIpc) is 3.14. The summed E-state index contributed by atoms with van der Waals surface area (Å²) in [5, 5.41) is 4.07. The number of nitrogens with zero attached hydrogens (tertiary/aromatic N) is 3. The Balaban J connectivity index is 1.73. The maximum atomic E-state index is 12.7. The van der Waals surface area contributed by atoms with E-state index in [1.807, 2.05) is 18.2 Å². The van der Waals surface area contributed by atoms with Crippen molar-refractivity contribution < 1.29 is 13.2 Å². The fourth-order valence-electron chi connectivity index (χ4n) is 4.31. The molecule has 0 saturated carbocycles. The third-order valence-electron chi connectivity index (χ3n) is 5.95. The minimum absolute atomic E-state index is 0.238. The van der Waals surface area contributed by atoms with Gasteiger partial charge in [0.25, 0.3) is 0 Å². The molecule has 3 heterocycles. The molecular weight excluding hydrogens is 414 g/mol. The highest BCUT2D eigenvalue weighted by molar-refractivity contribution is 7.89. The van der Waals surface area contributed by atoms with E-state index in [0.29, 0.717) is 52.5 Å². The predicted molar refractivity (Wildman–Crippen MR) is 124 cm³/mol. The fourth-order valence-corrected chi connectivity index (χ4v) is 5.34. The first-order chi connectivity index (χ1) is 14.9. The first kappa shape index (κ1) is 21.8. The van der Waals surface area contributed by atoms with Crippen molar-refractivity contribution in [1.82, 2.24) is 19.3 Å². The summed E-state index contributed by atoms with van der Waals surface area (Å²) in [5.41, 5.74) is 7.70. The molecule has 9 heteroatoms.